The summed E-state index contributed by atoms with van der Waals surface area (Å²) in [6.45, 7) is 2.66. The monoisotopic (exact) mass is 405 g/mol. The number of carbonyl (C=O) groups excluding carboxylic acids is 1. The van der Waals surface area contributed by atoms with Crippen molar-refractivity contribution in [1.29, 1.82) is 0 Å². The van der Waals surface area contributed by atoms with E-state index in [4.69, 9.17) is 0 Å². The number of nitrogens with zero attached hydrogens (tertiary/aromatic N) is 3. The Morgan fingerprint density at radius 3 is 2.62 bits per heavy atom. The van der Waals surface area contributed by atoms with Crippen molar-refractivity contribution in [3.05, 3.63) is 71.9 Å². The number of piperidine rings is 1. The molecule has 0 N–H and O–H groups in total. The van der Waals surface area contributed by atoms with Gasteiger partial charge in [-0.3, -0.25) is 14.4 Å². The SMILES string of the molecule is CSc1ccc(C(=O)[C@H]2CCCN(Cc3cn(C)nc3-c3ccccc3)C2)cc1. The van der Waals surface area contributed by atoms with Gasteiger partial charge < -0.3 is 0 Å². The summed E-state index contributed by atoms with van der Waals surface area (Å²) in [5.41, 5.74) is 4.23. The molecule has 2 aromatic carbocycles. The summed E-state index contributed by atoms with van der Waals surface area (Å²) < 4.78 is 1.89. The summed E-state index contributed by atoms with van der Waals surface area (Å²) in [6.07, 6.45) is 6.19. The van der Waals surface area contributed by atoms with Crippen LogP contribution in [0.2, 0.25) is 0 Å². The first-order valence-electron chi connectivity index (χ1n) is 10.1. The Morgan fingerprint density at radius 2 is 1.90 bits per heavy atom. The van der Waals surface area contributed by atoms with Crippen LogP contribution in [0.15, 0.2) is 65.7 Å². The molecule has 29 heavy (non-hydrogen) atoms. The summed E-state index contributed by atoms with van der Waals surface area (Å²) in [7, 11) is 1.97. The van der Waals surface area contributed by atoms with Crippen molar-refractivity contribution in [1.82, 2.24) is 14.7 Å². The molecule has 4 nitrogen and oxygen atoms in total. The van der Waals surface area contributed by atoms with Gasteiger partial charge >= 0.3 is 0 Å². The number of aryl methyl sites for hydroxylation is 1. The van der Waals surface area contributed by atoms with E-state index in [0.29, 0.717) is 0 Å². The second-order valence-corrected chi connectivity index (χ2v) is 8.59. The Morgan fingerprint density at radius 1 is 1.14 bits per heavy atom. The zero-order chi connectivity index (χ0) is 20.2. The smallest absolute Gasteiger partial charge is 0.167 e. The van der Waals surface area contributed by atoms with E-state index in [9.17, 15) is 4.79 Å². The molecule has 1 saturated heterocycles. The quantitative estimate of drug-likeness (QED) is 0.432. The third-order valence-electron chi connectivity index (χ3n) is 5.60. The van der Waals surface area contributed by atoms with Crippen LogP contribution in [0.1, 0.15) is 28.8 Å². The van der Waals surface area contributed by atoms with Gasteiger partial charge in [0.05, 0.1) is 5.69 Å². The fourth-order valence-corrected chi connectivity index (χ4v) is 4.55. The number of hydrogen-bond acceptors (Lipinski definition) is 4. The van der Waals surface area contributed by atoms with E-state index in [1.807, 2.05) is 54.2 Å². The van der Waals surface area contributed by atoms with E-state index < -0.39 is 0 Å². The van der Waals surface area contributed by atoms with Crippen LogP contribution in [0.25, 0.3) is 11.3 Å². The first kappa shape index (κ1) is 19.9. The third-order valence-corrected chi connectivity index (χ3v) is 6.34. The lowest BCUT2D eigenvalue weighted by Crippen LogP contribution is -2.38. The van der Waals surface area contributed by atoms with Gasteiger partial charge in [0.25, 0.3) is 0 Å². The molecule has 4 rings (SSSR count). The maximum Gasteiger partial charge on any atom is 0.167 e. The average Bonchev–Trinajstić information content (AvgIpc) is 3.14. The minimum Gasteiger partial charge on any atom is -0.298 e. The van der Waals surface area contributed by atoms with Crippen molar-refractivity contribution in [2.45, 2.75) is 24.3 Å². The fraction of sp³-hybridized carbons (Fsp3) is 0.333. The highest BCUT2D eigenvalue weighted by molar-refractivity contribution is 7.98. The van der Waals surface area contributed by atoms with E-state index in [1.165, 1.54) is 10.5 Å². The van der Waals surface area contributed by atoms with E-state index in [-0.39, 0.29) is 11.7 Å². The Balaban J connectivity index is 1.47. The molecule has 1 aliphatic heterocycles. The van der Waals surface area contributed by atoms with Crippen LogP contribution < -0.4 is 0 Å². The average molecular weight is 406 g/mol. The van der Waals surface area contributed by atoms with Gasteiger partial charge in [-0.2, -0.15) is 5.10 Å². The van der Waals surface area contributed by atoms with E-state index >= 15 is 0 Å². The second kappa shape index (κ2) is 8.97. The number of rotatable bonds is 6. The van der Waals surface area contributed by atoms with Crippen molar-refractivity contribution in [2.24, 2.45) is 13.0 Å². The highest BCUT2D eigenvalue weighted by Gasteiger charge is 2.27. The standard InChI is InChI=1S/C24H27N3OS/c1-26-15-21(23(25-26)18-7-4-3-5-8-18)17-27-14-6-9-20(16-27)24(28)19-10-12-22(29-2)13-11-19/h3-5,7-8,10-13,15,20H,6,9,14,16-17H2,1-2H3/t20-/m0/s1. The van der Waals surface area contributed by atoms with Crippen molar-refractivity contribution in [2.75, 3.05) is 19.3 Å². The molecule has 3 aromatic rings. The topological polar surface area (TPSA) is 38.1 Å². The predicted octanol–water partition coefficient (Wildman–Crippen LogP) is 4.90. The molecule has 0 saturated carbocycles. The number of carbonyl (C=O) groups is 1. The summed E-state index contributed by atoms with van der Waals surface area (Å²) in [5, 5.41) is 4.69. The maximum absolute atomic E-state index is 13.0. The Labute approximate surface area is 176 Å². The van der Waals surface area contributed by atoms with Gasteiger partial charge in [0, 0.05) is 53.8 Å². The molecular weight excluding hydrogens is 378 g/mol. The molecule has 1 fully saturated rings. The highest BCUT2D eigenvalue weighted by Crippen LogP contribution is 2.27. The lowest BCUT2D eigenvalue weighted by molar-refractivity contribution is 0.0811. The zero-order valence-electron chi connectivity index (χ0n) is 17.0. The first-order valence-corrected chi connectivity index (χ1v) is 11.3. The molecule has 0 aliphatic carbocycles. The van der Waals surface area contributed by atoms with Gasteiger partial charge in [-0.25, -0.2) is 0 Å². The van der Waals surface area contributed by atoms with Crippen molar-refractivity contribution in [3.63, 3.8) is 0 Å². The molecule has 0 amide bonds. The number of Topliss-reactive ketones (excluding diaryl/α,β-unsaturated/α-hetero) is 1. The van der Waals surface area contributed by atoms with Crippen molar-refractivity contribution >= 4 is 17.5 Å². The van der Waals surface area contributed by atoms with E-state index in [0.717, 1.165) is 49.3 Å². The minimum absolute atomic E-state index is 0.0701. The predicted molar refractivity (Wildman–Crippen MR) is 119 cm³/mol. The number of aromatic nitrogens is 2. The molecule has 5 heteroatoms. The third kappa shape index (κ3) is 4.62. The molecule has 0 spiro atoms. The fourth-order valence-electron chi connectivity index (χ4n) is 4.14. The van der Waals surface area contributed by atoms with E-state index in [1.54, 1.807) is 11.8 Å². The van der Waals surface area contributed by atoms with Crippen LogP contribution in [-0.4, -0.2) is 39.8 Å². The van der Waals surface area contributed by atoms with Gasteiger partial charge in [0.15, 0.2) is 5.78 Å². The lowest BCUT2D eigenvalue weighted by Gasteiger charge is -2.32. The molecule has 150 valence electrons. The molecular formula is C24H27N3OS. The molecule has 1 aliphatic rings. The molecule has 0 radical (unpaired) electrons. The van der Waals surface area contributed by atoms with Gasteiger partial charge in [0.1, 0.15) is 0 Å². The second-order valence-electron chi connectivity index (χ2n) is 7.71. The summed E-state index contributed by atoms with van der Waals surface area (Å²) >= 11 is 1.70. The summed E-state index contributed by atoms with van der Waals surface area (Å²) in [6, 6.07) is 18.4. The number of hydrogen-bond donors (Lipinski definition) is 0. The number of likely N-dealkylation sites (tertiary alicyclic amines) is 1. The molecule has 2 heterocycles. The van der Waals surface area contributed by atoms with Crippen LogP contribution in [0, 0.1) is 5.92 Å². The number of ketones is 1. The maximum atomic E-state index is 13.0. The van der Waals surface area contributed by atoms with Crippen LogP contribution >= 0.6 is 11.8 Å². The largest absolute Gasteiger partial charge is 0.298 e. The van der Waals surface area contributed by atoms with Gasteiger partial charge in [-0.1, -0.05) is 42.5 Å². The summed E-state index contributed by atoms with van der Waals surface area (Å²) in [5.74, 6) is 0.345. The number of benzene rings is 2. The molecule has 0 bridgehead atoms. The van der Waals surface area contributed by atoms with Crippen LogP contribution in [0.3, 0.4) is 0 Å². The van der Waals surface area contributed by atoms with Gasteiger partial charge in [0.2, 0.25) is 0 Å². The Hall–Kier alpha value is -2.37. The minimum atomic E-state index is 0.0701. The highest BCUT2D eigenvalue weighted by atomic mass is 32.2. The molecule has 1 atom stereocenters. The first-order chi connectivity index (χ1) is 14.1. The zero-order valence-corrected chi connectivity index (χ0v) is 17.9. The van der Waals surface area contributed by atoms with Crippen molar-refractivity contribution in [3.8, 4) is 11.3 Å². The van der Waals surface area contributed by atoms with Gasteiger partial charge in [-0.15, -0.1) is 11.8 Å². The number of thioether (sulfide) groups is 1. The Bertz CT molecular complexity index is 966. The van der Waals surface area contributed by atoms with Crippen molar-refractivity contribution < 1.29 is 4.79 Å². The van der Waals surface area contributed by atoms with Crippen LogP contribution in [0.4, 0.5) is 0 Å². The van der Waals surface area contributed by atoms with Gasteiger partial charge in [-0.05, 0) is 37.8 Å². The van der Waals surface area contributed by atoms with Crippen LogP contribution in [-0.2, 0) is 13.6 Å². The van der Waals surface area contributed by atoms with E-state index in [2.05, 4.69) is 34.6 Å². The lowest BCUT2D eigenvalue weighted by atomic mass is 9.90. The Kier molecular flexibility index (Phi) is 6.16. The molecule has 0 unspecified atom stereocenters. The van der Waals surface area contributed by atoms with Crippen LogP contribution in [0.5, 0.6) is 0 Å². The normalized spacial score (nSPS) is 17.4. The summed E-state index contributed by atoms with van der Waals surface area (Å²) in [4.78, 5) is 16.6. The molecule has 1 aromatic heterocycles.